The number of carbonyl (C=O) groups excluding carboxylic acids is 4. The Morgan fingerprint density at radius 2 is 1.70 bits per heavy atom. The first kappa shape index (κ1) is 30.6. The number of amides is 3. The Labute approximate surface area is 250 Å². The van der Waals surface area contributed by atoms with Gasteiger partial charge >= 0.3 is 5.97 Å². The molecule has 4 heterocycles. The van der Waals surface area contributed by atoms with Crippen LogP contribution in [0.3, 0.4) is 0 Å². The fourth-order valence-corrected chi connectivity index (χ4v) is 5.42. The molecule has 3 N–H and O–H groups in total. The van der Waals surface area contributed by atoms with E-state index < -0.39 is 41.4 Å². The summed E-state index contributed by atoms with van der Waals surface area (Å²) in [5, 5.41) is 7.99. The smallest absolute Gasteiger partial charge is 0.321 e. The molecule has 230 valence electrons. The van der Waals surface area contributed by atoms with Gasteiger partial charge in [-0.05, 0) is 50.3 Å². The Hall–Kier alpha value is -3.87. The van der Waals surface area contributed by atoms with Gasteiger partial charge in [0.05, 0.1) is 30.5 Å². The summed E-state index contributed by atoms with van der Waals surface area (Å²) in [6.07, 6.45) is 3.46. The molecule has 1 aromatic carbocycles. The van der Waals surface area contributed by atoms with Gasteiger partial charge in [0.15, 0.2) is 6.10 Å². The molecule has 43 heavy (non-hydrogen) atoms. The molecule has 3 amide bonds. The third kappa shape index (κ3) is 6.71. The van der Waals surface area contributed by atoms with E-state index in [0.29, 0.717) is 25.1 Å². The van der Waals surface area contributed by atoms with Gasteiger partial charge in [-0.25, -0.2) is 5.43 Å². The van der Waals surface area contributed by atoms with Crippen LogP contribution in [0.2, 0.25) is 0 Å². The van der Waals surface area contributed by atoms with Crippen LogP contribution < -0.4 is 16.1 Å². The number of esters is 1. The molecule has 5 bridgehead atoms. The molecule has 12 nitrogen and oxygen atoms in total. The van der Waals surface area contributed by atoms with Gasteiger partial charge in [-0.2, -0.15) is 0 Å². The average Bonchev–Trinajstić information content (AvgIpc) is 3.01. The van der Waals surface area contributed by atoms with Gasteiger partial charge in [0.2, 0.25) is 5.91 Å². The molecule has 2 aromatic rings. The molecule has 2 fully saturated rings. The maximum Gasteiger partial charge on any atom is 0.321 e. The second-order valence-corrected chi connectivity index (χ2v) is 11.8. The summed E-state index contributed by atoms with van der Waals surface area (Å²) in [6, 6.07) is 7.60. The molecule has 2 saturated heterocycles. The molecule has 1 spiro atoms. The van der Waals surface area contributed by atoms with Crippen molar-refractivity contribution in [3.8, 4) is 0 Å². The number of ether oxygens (including phenoxy) is 3. The van der Waals surface area contributed by atoms with Crippen LogP contribution in [0.1, 0.15) is 57.8 Å². The number of rotatable bonds is 1. The van der Waals surface area contributed by atoms with E-state index in [-0.39, 0.29) is 37.9 Å². The van der Waals surface area contributed by atoms with Crippen molar-refractivity contribution in [1.29, 1.82) is 0 Å². The Morgan fingerprint density at radius 1 is 0.977 bits per heavy atom. The van der Waals surface area contributed by atoms with E-state index in [9.17, 15) is 19.2 Å². The monoisotopic (exact) mass is 593 g/mol. The summed E-state index contributed by atoms with van der Waals surface area (Å²) in [6.45, 7) is 7.38. The second kappa shape index (κ2) is 12.8. The molecule has 12 heteroatoms. The summed E-state index contributed by atoms with van der Waals surface area (Å²) in [5.41, 5.74) is 3.92. The molecule has 0 radical (unpaired) electrons. The third-order valence-electron chi connectivity index (χ3n) is 8.02. The topological polar surface area (TPSA) is 148 Å². The number of pyridine rings is 1. The zero-order valence-electron chi connectivity index (χ0n) is 24.9. The Bertz CT molecular complexity index is 1420. The van der Waals surface area contributed by atoms with Gasteiger partial charge in [0.1, 0.15) is 24.3 Å². The van der Waals surface area contributed by atoms with E-state index in [1.807, 2.05) is 37.3 Å². The Kier molecular flexibility index (Phi) is 9.09. The molecule has 1 aromatic heterocycles. The number of aromatic nitrogens is 1. The summed E-state index contributed by atoms with van der Waals surface area (Å²) >= 11 is 0. The van der Waals surface area contributed by atoms with Crippen LogP contribution in [0.15, 0.2) is 36.4 Å². The van der Waals surface area contributed by atoms with E-state index in [1.165, 1.54) is 5.01 Å². The lowest BCUT2D eigenvalue weighted by Gasteiger charge is -2.36. The summed E-state index contributed by atoms with van der Waals surface area (Å²) in [7, 11) is 0. The van der Waals surface area contributed by atoms with E-state index >= 15 is 0 Å². The molecule has 0 aliphatic carbocycles. The van der Waals surface area contributed by atoms with Gasteiger partial charge in [-0.15, -0.1) is 0 Å². The van der Waals surface area contributed by atoms with E-state index in [2.05, 4.69) is 16.1 Å². The fraction of sp³-hybridized carbons (Fsp3) is 0.516. The van der Waals surface area contributed by atoms with Crippen molar-refractivity contribution in [2.45, 2.75) is 64.8 Å². The van der Waals surface area contributed by atoms with Crippen molar-refractivity contribution < 1.29 is 33.4 Å². The second-order valence-electron chi connectivity index (χ2n) is 11.8. The van der Waals surface area contributed by atoms with Gasteiger partial charge in [0, 0.05) is 11.9 Å². The van der Waals surface area contributed by atoms with Crippen LogP contribution in [-0.4, -0.2) is 78.4 Å². The van der Waals surface area contributed by atoms with Crippen LogP contribution in [0.25, 0.3) is 17.0 Å². The molecule has 0 saturated carbocycles. The van der Waals surface area contributed by atoms with Gasteiger partial charge in [-0.1, -0.05) is 44.2 Å². The van der Waals surface area contributed by atoms with Crippen LogP contribution in [0, 0.1) is 11.3 Å². The summed E-state index contributed by atoms with van der Waals surface area (Å²) < 4.78 is 16.9. The minimum Gasteiger partial charge on any atom is -0.451 e. The van der Waals surface area contributed by atoms with Crippen molar-refractivity contribution in [2.75, 3.05) is 26.6 Å². The molecular weight excluding hydrogens is 554 g/mol. The third-order valence-corrected chi connectivity index (χ3v) is 8.02. The number of cyclic esters (lactones) is 1. The highest BCUT2D eigenvalue weighted by molar-refractivity contribution is 5.92. The first-order valence-electron chi connectivity index (χ1n) is 14.7. The number of carbonyl (C=O) groups is 4. The maximum absolute atomic E-state index is 13.7. The van der Waals surface area contributed by atoms with E-state index in [1.54, 1.807) is 32.9 Å². The van der Waals surface area contributed by atoms with Crippen LogP contribution in [-0.2, 0) is 33.4 Å². The van der Waals surface area contributed by atoms with Crippen LogP contribution in [0.5, 0.6) is 0 Å². The fourth-order valence-electron chi connectivity index (χ4n) is 5.42. The first-order chi connectivity index (χ1) is 20.6. The molecular formula is C31H39N5O7. The van der Waals surface area contributed by atoms with Gasteiger partial charge < -0.3 is 24.8 Å². The largest absolute Gasteiger partial charge is 0.451 e. The number of hydrazine groups is 1. The quantitative estimate of drug-likeness (QED) is 0.422. The molecule has 5 rings (SSSR count). The summed E-state index contributed by atoms with van der Waals surface area (Å²) in [4.78, 5) is 58.3. The highest BCUT2D eigenvalue weighted by Gasteiger charge is 2.44. The zero-order chi connectivity index (χ0) is 30.7. The van der Waals surface area contributed by atoms with E-state index in [4.69, 9.17) is 19.2 Å². The number of nitrogens with zero attached hydrogens (tertiary/aromatic N) is 2. The maximum atomic E-state index is 13.7. The summed E-state index contributed by atoms with van der Waals surface area (Å²) in [5.74, 6) is -2.30. The molecule has 1 unspecified atom stereocenters. The van der Waals surface area contributed by atoms with Crippen molar-refractivity contribution in [3.05, 3.63) is 47.7 Å². The highest BCUT2D eigenvalue weighted by Crippen LogP contribution is 2.29. The Morgan fingerprint density at radius 3 is 2.44 bits per heavy atom. The minimum absolute atomic E-state index is 0.0125. The number of hydrogen-bond acceptors (Lipinski definition) is 9. The highest BCUT2D eigenvalue weighted by atomic mass is 16.7. The normalized spacial score (nSPS) is 28.0. The van der Waals surface area contributed by atoms with Crippen molar-refractivity contribution >= 4 is 40.7 Å². The van der Waals surface area contributed by atoms with Crippen LogP contribution in [0.4, 0.5) is 0 Å². The van der Waals surface area contributed by atoms with Gasteiger partial charge in [-0.3, -0.25) is 29.2 Å². The predicted octanol–water partition coefficient (Wildman–Crippen LogP) is 2.00. The number of benzene rings is 1. The van der Waals surface area contributed by atoms with Gasteiger partial charge in [0.25, 0.3) is 11.8 Å². The average molecular weight is 594 g/mol. The van der Waals surface area contributed by atoms with Crippen molar-refractivity contribution in [1.82, 2.24) is 26.1 Å². The number of nitrogens with one attached hydrogen (secondary N) is 3. The van der Waals surface area contributed by atoms with E-state index in [0.717, 1.165) is 16.5 Å². The molecule has 3 aliphatic rings. The lowest BCUT2D eigenvalue weighted by Crippen LogP contribution is -2.61. The van der Waals surface area contributed by atoms with Crippen molar-refractivity contribution in [2.24, 2.45) is 11.3 Å². The lowest BCUT2D eigenvalue weighted by molar-refractivity contribution is -0.192. The number of hydrogen-bond donors (Lipinski definition) is 3. The Balaban J connectivity index is 1.53. The lowest BCUT2D eigenvalue weighted by atomic mass is 9.88. The zero-order valence-corrected chi connectivity index (χ0v) is 24.9. The van der Waals surface area contributed by atoms with Crippen LogP contribution >= 0.6 is 0 Å². The van der Waals surface area contributed by atoms with Crippen molar-refractivity contribution in [3.63, 3.8) is 0 Å². The SMILES string of the molecule is CC(C)C1OC(=O)C2(/C=C/c3ccc4ccc(nc4c3)[C@@H](C)NC(=O)[C@@H]3CCCN(N3)C(=O)[C@H](C)NC1=O)COCOC2. The predicted molar refractivity (Wildman–Crippen MR) is 157 cm³/mol. The standard InChI is InChI=1S/C31H39N5O7/c1-18(2)26-28(38)33-20(4)29(39)36-13-5-6-24(35-36)27(37)32-19(3)23-10-9-22-8-7-21(14-25(22)34-23)11-12-31(30(40)43-26)15-41-17-42-16-31/h7-12,14,18-20,24,26,35H,5-6,13,15-17H2,1-4H3,(H,32,37)(H,33,38)/b12-11+/t19-,20+,24+,26?/m1/s1. The minimum atomic E-state index is -1.29. The number of fused-ring (bicyclic) bond motifs is 4. The first-order valence-corrected chi connectivity index (χ1v) is 14.7. The molecule has 4 atom stereocenters. The molecule has 3 aliphatic heterocycles.